The molecule has 0 aliphatic rings. The predicted octanol–water partition coefficient (Wildman–Crippen LogP) is 1.17. The molecule has 0 aliphatic heterocycles. The van der Waals surface area contributed by atoms with E-state index in [1.54, 1.807) is 6.20 Å². The Kier molecular flexibility index (Phi) is 3.19. The first-order chi connectivity index (χ1) is 6.16. The Morgan fingerprint density at radius 3 is 2.46 bits per heavy atom. The van der Waals surface area contributed by atoms with Gasteiger partial charge in [-0.1, -0.05) is 13.8 Å². The van der Waals surface area contributed by atoms with Crippen molar-refractivity contribution in [2.75, 3.05) is 7.11 Å². The lowest BCUT2D eigenvalue weighted by atomic mass is 10.0. The summed E-state index contributed by atoms with van der Waals surface area (Å²) in [7, 11) is 1.51. The molecule has 1 N–H and O–H groups in total. The molecule has 13 heavy (non-hydrogen) atoms. The molecule has 0 aromatic carbocycles. The van der Waals surface area contributed by atoms with Crippen LogP contribution in [0.3, 0.4) is 0 Å². The van der Waals surface area contributed by atoms with Gasteiger partial charge in [0.2, 0.25) is 5.88 Å². The van der Waals surface area contributed by atoms with Crippen LogP contribution in [-0.4, -0.2) is 22.2 Å². The number of aliphatic hydroxyl groups excluding tert-OH is 1. The predicted molar refractivity (Wildman–Crippen MR) is 48.4 cm³/mol. The molecule has 1 unspecified atom stereocenters. The quantitative estimate of drug-likeness (QED) is 0.762. The van der Waals surface area contributed by atoms with Gasteiger partial charge in [0, 0.05) is 12.4 Å². The van der Waals surface area contributed by atoms with Gasteiger partial charge < -0.3 is 9.84 Å². The Balaban J connectivity index is 2.98. The van der Waals surface area contributed by atoms with Crippen LogP contribution >= 0.6 is 0 Å². The summed E-state index contributed by atoms with van der Waals surface area (Å²) >= 11 is 0. The highest BCUT2D eigenvalue weighted by atomic mass is 16.5. The summed E-state index contributed by atoms with van der Waals surface area (Å²) < 4.78 is 4.98. The van der Waals surface area contributed by atoms with E-state index in [4.69, 9.17) is 4.74 Å². The zero-order chi connectivity index (χ0) is 9.84. The Bertz CT molecular complexity index is 276. The third-order valence-electron chi connectivity index (χ3n) is 1.80. The van der Waals surface area contributed by atoms with Gasteiger partial charge in [0.15, 0.2) is 0 Å². The van der Waals surface area contributed by atoms with Gasteiger partial charge in [-0.15, -0.1) is 0 Å². The molecule has 0 aliphatic carbocycles. The van der Waals surface area contributed by atoms with Crippen LogP contribution in [0.5, 0.6) is 5.88 Å². The van der Waals surface area contributed by atoms with Gasteiger partial charge in [-0.05, 0) is 5.92 Å². The Morgan fingerprint density at radius 2 is 1.92 bits per heavy atom. The minimum absolute atomic E-state index is 0.102. The maximum Gasteiger partial charge on any atom is 0.238 e. The molecule has 0 bridgehead atoms. The van der Waals surface area contributed by atoms with E-state index in [2.05, 4.69) is 9.97 Å². The second-order valence-corrected chi connectivity index (χ2v) is 3.14. The van der Waals surface area contributed by atoms with Crippen LogP contribution in [0.1, 0.15) is 25.6 Å². The molecule has 0 saturated heterocycles. The number of hydrogen-bond donors (Lipinski definition) is 1. The highest BCUT2D eigenvalue weighted by molar-refractivity contribution is 5.19. The molecule has 1 atom stereocenters. The highest BCUT2D eigenvalue weighted by Gasteiger charge is 2.18. The Morgan fingerprint density at radius 1 is 1.31 bits per heavy atom. The maximum atomic E-state index is 9.73. The van der Waals surface area contributed by atoms with Crippen LogP contribution in [0.25, 0.3) is 0 Å². The zero-order valence-electron chi connectivity index (χ0n) is 8.06. The number of methoxy groups -OCH3 is 1. The van der Waals surface area contributed by atoms with Gasteiger partial charge in [-0.2, -0.15) is 0 Å². The first-order valence-electron chi connectivity index (χ1n) is 4.19. The van der Waals surface area contributed by atoms with Gasteiger partial charge in [0.05, 0.1) is 7.11 Å². The fourth-order valence-corrected chi connectivity index (χ4v) is 1.01. The van der Waals surface area contributed by atoms with E-state index in [9.17, 15) is 5.11 Å². The van der Waals surface area contributed by atoms with Crippen LogP contribution in [-0.2, 0) is 0 Å². The van der Waals surface area contributed by atoms with E-state index >= 15 is 0 Å². The Hall–Kier alpha value is -1.16. The van der Waals surface area contributed by atoms with Crippen molar-refractivity contribution in [1.29, 1.82) is 0 Å². The van der Waals surface area contributed by atoms with Crippen LogP contribution in [0, 0.1) is 5.92 Å². The molecule has 0 spiro atoms. The van der Waals surface area contributed by atoms with Crippen molar-refractivity contribution < 1.29 is 9.84 Å². The van der Waals surface area contributed by atoms with Crippen molar-refractivity contribution in [3.05, 3.63) is 18.1 Å². The average molecular weight is 182 g/mol. The second-order valence-electron chi connectivity index (χ2n) is 3.14. The molecule has 0 radical (unpaired) electrons. The topological polar surface area (TPSA) is 55.2 Å². The van der Waals surface area contributed by atoms with Crippen molar-refractivity contribution in [1.82, 2.24) is 9.97 Å². The van der Waals surface area contributed by atoms with E-state index < -0.39 is 6.10 Å². The van der Waals surface area contributed by atoms with Crippen molar-refractivity contribution >= 4 is 0 Å². The number of nitrogens with zero attached hydrogens (tertiary/aromatic N) is 2. The standard InChI is InChI=1S/C9H14N2O2/c1-6(2)8(12)7-9(13-3)11-5-4-10-7/h4-6,8,12H,1-3H3. The van der Waals surface area contributed by atoms with Gasteiger partial charge in [0.25, 0.3) is 0 Å². The van der Waals surface area contributed by atoms with E-state index in [1.807, 2.05) is 13.8 Å². The van der Waals surface area contributed by atoms with Crippen LogP contribution in [0.4, 0.5) is 0 Å². The molecule has 1 aromatic heterocycles. The molecule has 72 valence electrons. The second kappa shape index (κ2) is 4.18. The summed E-state index contributed by atoms with van der Waals surface area (Å²) in [4.78, 5) is 7.99. The fraction of sp³-hybridized carbons (Fsp3) is 0.556. The number of aromatic nitrogens is 2. The summed E-state index contributed by atoms with van der Waals surface area (Å²) in [5.41, 5.74) is 0.500. The molecule has 1 aromatic rings. The van der Waals surface area contributed by atoms with E-state index in [1.165, 1.54) is 13.3 Å². The highest BCUT2D eigenvalue weighted by Crippen LogP contribution is 2.25. The van der Waals surface area contributed by atoms with Crippen molar-refractivity contribution in [3.8, 4) is 5.88 Å². The lowest BCUT2D eigenvalue weighted by Gasteiger charge is -2.15. The average Bonchev–Trinajstić information content (AvgIpc) is 2.16. The monoisotopic (exact) mass is 182 g/mol. The van der Waals surface area contributed by atoms with Gasteiger partial charge >= 0.3 is 0 Å². The normalized spacial score (nSPS) is 13.0. The summed E-state index contributed by atoms with van der Waals surface area (Å²) in [6, 6.07) is 0. The molecule has 4 heteroatoms. The van der Waals surface area contributed by atoms with Gasteiger partial charge in [0.1, 0.15) is 11.8 Å². The lowest BCUT2D eigenvalue weighted by molar-refractivity contribution is 0.118. The molecule has 0 saturated carbocycles. The number of ether oxygens (including phenoxy) is 1. The third kappa shape index (κ3) is 2.15. The minimum Gasteiger partial charge on any atom is -0.480 e. The zero-order valence-corrected chi connectivity index (χ0v) is 8.06. The first-order valence-corrected chi connectivity index (χ1v) is 4.19. The van der Waals surface area contributed by atoms with E-state index in [0.29, 0.717) is 11.6 Å². The molecule has 1 rings (SSSR count). The summed E-state index contributed by atoms with van der Waals surface area (Å²) in [6.45, 7) is 3.83. The third-order valence-corrected chi connectivity index (χ3v) is 1.80. The Labute approximate surface area is 77.6 Å². The summed E-state index contributed by atoms with van der Waals surface area (Å²) in [5, 5.41) is 9.73. The summed E-state index contributed by atoms with van der Waals surface area (Å²) in [5.74, 6) is 0.495. The van der Waals surface area contributed by atoms with E-state index in [0.717, 1.165) is 0 Å². The van der Waals surface area contributed by atoms with Crippen LogP contribution < -0.4 is 4.74 Å². The number of hydrogen-bond acceptors (Lipinski definition) is 4. The number of rotatable bonds is 3. The molecule has 0 fully saturated rings. The van der Waals surface area contributed by atoms with Gasteiger partial charge in [-0.25, -0.2) is 4.98 Å². The molecule has 1 heterocycles. The van der Waals surface area contributed by atoms with Gasteiger partial charge in [-0.3, -0.25) is 4.98 Å². The first kappa shape index (κ1) is 9.92. The van der Waals surface area contributed by atoms with Crippen molar-refractivity contribution in [2.45, 2.75) is 20.0 Å². The number of aliphatic hydroxyl groups is 1. The van der Waals surface area contributed by atoms with Crippen LogP contribution in [0.15, 0.2) is 12.4 Å². The van der Waals surface area contributed by atoms with Crippen molar-refractivity contribution in [3.63, 3.8) is 0 Å². The molecular weight excluding hydrogens is 168 g/mol. The fourth-order valence-electron chi connectivity index (χ4n) is 1.01. The SMILES string of the molecule is COc1nccnc1C(O)C(C)C. The minimum atomic E-state index is -0.622. The van der Waals surface area contributed by atoms with Crippen molar-refractivity contribution in [2.24, 2.45) is 5.92 Å². The summed E-state index contributed by atoms with van der Waals surface area (Å²) in [6.07, 6.45) is 2.46. The maximum absolute atomic E-state index is 9.73. The molecule has 4 nitrogen and oxygen atoms in total. The lowest BCUT2D eigenvalue weighted by Crippen LogP contribution is -2.10. The van der Waals surface area contributed by atoms with E-state index in [-0.39, 0.29) is 5.92 Å². The van der Waals surface area contributed by atoms with Crippen LogP contribution in [0.2, 0.25) is 0 Å². The molecular formula is C9H14N2O2. The smallest absolute Gasteiger partial charge is 0.238 e. The largest absolute Gasteiger partial charge is 0.480 e. The molecule has 0 amide bonds.